The second-order valence-corrected chi connectivity index (χ2v) is 14.5. The number of benzene rings is 3. The molecule has 0 saturated carbocycles. The standard InChI is InChI=1S/C27H28NOSi/c1-17-11-13-21-22(15-17)28(3)23(16-25(21)30(4,5)6)26-18(2)12-14-20-19-9-7-8-10-24(19)29-27(20)26/h7-16H,1-6H3/q+1. The van der Waals surface area contributed by atoms with Crippen LogP contribution in [0.15, 0.2) is 65.1 Å². The van der Waals surface area contributed by atoms with Crippen LogP contribution in [-0.2, 0) is 7.05 Å². The van der Waals surface area contributed by atoms with Crippen LogP contribution in [0.25, 0.3) is 44.1 Å². The van der Waals surface area contributed by atoms with Gasteiger partial charge in [-0.25, -0.2) is 0 Å². The Labute approximate surface area is 178 Å². The molecule has 0 aliphatic carbocycles. The molecule has 0 aliphatic heterocycles. The number of hydrogen-bond acceptors (Lipinski definition) is 1. The van der Waals surface area contributed by atoms with E-state index in [1.54, 1.807) is 0 Å². The molecule has 2 nitrogen and oxygen atoms in total. The van der Waals surface area contributed by atoms with Crippen molar-refractivity contribution < 1.29 is 8.98 Å². The lowest BCUT2D eigenvalue weighted by atomic mass is 9.99. The van der Waals surface area contributed by atoms with E-state index in [1.807, 2.05) is 6.07 Å². The number of rotatable bonds is 2. The highest BCUT2D eigenvalue weighted by Crippen LogP contribution is 2.37. The lowest BCUT2D eigenvalue weighted by Gasteiger charge is -2.20. The van der Waals surface area contributed by atoms with Gasteiger partial charge in [0.05, 0.1) is 13.6 Å². The van der Waals surface area contributed by atoms with Gasteiger partial charge in [0.1, 0.15) is 18.2 Å². The fourth-order valence-corrected chi connectivity index (χ4v) is 6.24. The molecule has 5 rings (SSSR count). The normalized spacial score (nSPS) is 12.3. The molecule has 0 atom stereocenters. The molecule has 0 spiro atoms. The Morgan fingerprint density at radius 2 is 1.53 bits per heavy atom. The highest BCUT2D eigenvalue weighted by Gasteiger charge is 2.28. The second-order valence-electron chi connectivity index (χ2n) is 9.51. The van der Waals surface area contributed by atoms with Crippen LogP contribution in [0.1, 0.15) is 11.1 Å². The summed E-state index contributed by atoms with van der Waals surface area (Å²) < 4.78 is 8.78. The topological polar surface area (TPSA) is 17.0 Å². The molecule has 0 N–H and O–H groups in total. The molecule has 0 amide bonds. The van der Waals surface area contributed by atoms with Gasteiger partial charge in [-0.15, -0.1) is 0 Å². The van der Waals surface area contributed by atoms with Crippen LogP contribution in [0, 0.1) is 13.8 Å². The molecule has 5 aromatic rings. The van der Waals surface area contributed by atoms with Gasteiger partial charge in [0.25, 0.3) is 0 Å². The van der Waals surface area contributed by atoms with Crippen LogP contribution in [0.2, 0.25) is 19.6 Å². The first-order chi connectivity index (χ1) is 14.3. The van der Waals surface area contributed by atoms with Gasteiger partial charge in [-0.1, -0.05) is 56.0 Å². The van der Waals surface area contributed by atoms with Crippen LogP contribution in [0.4, 0.5) is 0 Å². The van der Waals surface area contributed by atoms with Gasteiger partial charge in [0.15, 0.2) is 0 Å². The monoisotopic (exact) mass is 410 g/mol. The number of aromatic nitrogens is 1. The smallest absolute Gasteiger partial charge is 0.216 e. The number of furan rings is 1. The summed E-state index contributed by atoms with van der Waals surface area (Å²) >= 11 is 0. The summed E-state index contributed by atoms with van der Waals surface area (Å²) in [7, 11) is 0.624. The Kier molecular flexibility index (Phi) is 4.16. The van der Waals surface area contributed by atoms with E-state index in [1.165, 1.54) is 49.2 Å². The van der Waals surface area contributed by atoms with E-state index < -0.39 is 8.07 Å². The van der Waals surface area contributed by atoms with Gasteiger partial charge in [0.2, 0.25) is 11.2 Å². The molecule has 0 radical (unpaired) electrons. The maximum Gasteiger partial charge on any atom is 0.216 e. The van der Waals surface area contributed by atoms with Gasteiger partial charge < -0.3 is 4.42 Å². The maximum atomic E-state index is 6.43. The van der Waals surface area contributed by atoms with E-state index in [0.717, 1.165) is 11.2 Å². The Morgan fingerprint density at radius 1 is 0.800 bits per heavy atom. The zero-order valence-electron chi connectivity index (χ0n) is 18.6. The predicted molar refractivity (Wildman–Crippen MR) is 130 cm³/mol. The molecule has 2 heterocycles. The van der Waals surface area contributed by atoms with Crippen molar-refractivity contribution in [2.45, 2.75) is 33.5 Å². The van der Waals surface area contributed by atoms with Crippen LogP contribution in [0.3, 0.4) is 0 Å². The van der Waals surface area contributed by atoms with E-state index >= 15 is 0 Å². The summed E-state index contributed by atoms with van der Waals surface area (Å²) in [5, 5.41) is 5.24. The average Bonchev–Trinajstić information content (AvgIpc) is 3.07. The van der Waals surface area contributed by atoms with Gasteiger partial charge in [-0.3, -0.25) is 0 Å². The number of hydrogen-bond donors (Lipinski definition) is 0. The SMILES string of the molecule is Cc1ccc2c([Si](C)(C)C)cc(-c3c(C)ccc4c3oc3ccccc34)[n+](C)c2c1. The third kappa shape index (κ3) is 2.80. The van der Waals surface area contributed by atoms with E-state index in [0.29, 0.717) is 0 Å². The first-order valence-electron chi connectivity index (χ1n) is 10.6. The minimum Gasteiger partial charge on any atom is -0.455 e. The summed E-state index contributed by atoms with van der Waals surface area (Å²) in [6.07, 6.45) is 0. The lowest BCUT2D eigenvalue weighted by Crippen LogP contribution is -2.43. The number of pyridine rings is 1. The fraction of sp³-hybridized carbons (Fsp3) is 0.222. The van der Waals surface area contributed by atoms with Crippen LogP contribution < -0.4 is 9.75 Å². The Balaban J connectivity index is 1.96. The van der Waals surface area contributed by atoms with Crippen molar-refractivity contribution >= 4 is 46.1 Å². The van der Waals surface area contributed by atoms with E-state index in [-0.39, 0.29) is 0 Å². The summed E-state index contributed by atoms with van der Waals surface area (Å²) in [5.74, 6) is 0. The molecule has 0 fully saturated rings. The molecule has 0 unspecified atom stereocenters. The Hall–Kier alpha value is -2.91. The molecule has 3 aromatic carbocycles. The molecule has 2 aromatic heterocycles. The molecular formula is C27H28NOSi+. The van der Waals surface area contributed by atoms with Gasteiger partial charge in [-0.2, -0.15) is 4.57 Å². The van der Waals surface area contributed by atoms with Crippen molar-refractivity contribution in [1.82, 2.24) is 0 Å². The maximum absolute atomic E-state index is 6.43. The number of para-hydroxylation sites is 1. The number of aryl methyl sites for hydroxylation is 3. The summed E-state index contributed by atoms with van der Waals surface area (Å²) in [6.45, 7) is 11.7. The summed E-state index contributed by atoms with van der Waals surface area (Å²) in [6, 6.07) is 22.0. The van der Waals surface area contributed by atoms with Crippen molar-refractivity contribution in [2.75, 3.05) is 0 Å². The number of fused-ring (bicyclic) bond motifs is 4. The third-order valence-corrected chi connectivity index (χ3v) is 8.30. The lowest BCUT2D eigenvalue weighted by molar-refractivity contribution is -0.633. The van der Waals surface area contributed by atoms with Gasteiger partial charge in [-0.05, 0) is 42.3 Å². The summed E-state index contributed by atoms with van der Waals surface area (Å²) in [4.78, 5) is 0. The molecule has 0 aliphatic rings. The highest BCUT2D eigenvalue weighted by atomic mass is 28.3. The van der Waals surface area contributed by atoms with Crippen LogP contribution >= 0.6 is 0 Å². The van der Waals surface area contributed by atoms with E-state index in [2.05, 4.69) is 99.7 Å². The first-order valence-corrected chi connectivity index (χ1v) is 14.1. The van der Waals surface area contributed by atoms with Crippen molar-refractivity contribution in [3.63, 3.8) is 0 Å². The van der Waals surface area contributed by atoms with Crippen molar-refractivity contribution in [3.8, 4) is 11.3 Å². The zero-order valence-corrected chi connectivity index (χ0v) is 19.6. The van der Waals surface area contributed by atoms with Gasteiger partial charge >= 0.3 is 0 Å². The predicted octanol–water partition coefficient (Wildman–Crippen LogP) is 6.39. The highest BCUT2D eigenvalue weighted by molar-refractivity contribution is 6.90. The van der Waals surface area contributed by atoms with Crippen LogP contribution in [-0.4, -0.2) is 8.07 Å². The quantitative estimate of drug-likeness (QED) is 0.243. The molecule has 0 saturated heterocycles. The molecule has 3 heteroatoms. The third-order valence-electron chi connectivity index (χ3n) is 6.27. The molecule has 30 heavy (non-hydrogen) atoms. The van der Waals surface area contributed by atoms with Crippen molar-refractivity contribution in [1.29, 1.82) is 0 Å². The van der Waals surface area contributed by atoms with Crippen LogP contribution in [0.5, 0.6) is 0 Å². The van der Waals surface area contributed by atoms with Crippen molar-refractivity contribution in [2.24, 2.45) is 7.05 Å². The second kappa shape index (κ2) is 6.54. The molecular weight excluding hydrogens is 382 g/mol. The van der Waals surface area contributed by atoms with Gasteiger partial charge in [0, 0.05) is 28.3 Å². The Morgan fingerprint density at radius 3 is 2.30 bits per heavy atom. The van der Waals surface area contributed by atoms with E-state index in [9.17, 15) is 0 Å². The zero-order chi connectivity index (χ0) is 21.2. The average molecular weight is 411 g/mol. The van der Waals surface area contributed by atoms with Crippen molar-refractivity contribution in [3.05, 3.63) is 71.8 Å². The molecule has 0 bridgehead atoms. The minimum absolute atomic E-state index is 0.948. The number of nitrogens with zero attached hydrogens (tertiary/aromatic N) is 1. The fourth-order valence-electron chi connectivity index (χ4n) is 4.65. The summed E-state index contributed by atoms with van der Waals surface area (Å²) in [5.41, 5.74) is 8.18. The van der Waals surface area contributed by atoms with E-state index in [4.69, 9.17) is 4.42 Å². The molecule has 150 valence electrons. The minimum atomic E-state index is -1.56. The first kappa shape index (κ1) is 19.1. The largest absolute Gasteiger partial charge is 0.455 e. The Bertz CT molecular complexity index is 1450.